The Morgan fingerprint density at radius 2 is 1.84 bits per heavy atom. The minimum Gasteiger partial charge on any atom is -0.326 e. The van der Waals surface area contributed by atoms with Crippen LogP contribution >= 0.6 is 23.2 Å². The molecule has 2 aromatic rings. The number of hydrogen-bond donors (Lipinski definition) is 1. The lowest BCUT2D eigenvalue weighted by atomic mass is 9.96. The van der Waals surface area contributed by atoms with Crippen LogP contribution in [0.2, 0.25) is 10.0 Å². The average molecular weight is 377 g/mol. The summed E-state index contributed by atoms with van der Waals surface area (Å²) in [7, 11) is 0. The van der Waals surface area contributed by atoms with E-state index in [1.165, 1.54) is 11.1 Å². The largest absolute Gasteiger partial charge is 0.326 e. The number of anilines is 1. The van der Waals surface area contributed by atoms with Gasteiger partial charge in [0.2, 0.25) is 5.91 Å². The average Bonchev–Trinajstić information content (AvgIpc) is 2.56. The van der Waals surface area contributed by atoms with Crippen molar-refractivity contribution in [3.63, 3.8) is 0 Å². The second kappa shape index (κ2) is 8.22. The van der Waals surface area contributed by atoms with Gasteiger partial charge in [-0.2, -0.15) is 0 Å². The first kappa shape index (κ1) is 18.2. The molecule has 1 N–H and O–H groups in total. The summed E-state index contributed by atoms with van der Waals surface area (Å²) in [6.45, 7) is 4.77. The molecule has 1 aliphatic heterocycles. The van der Waals surface area contributed by atoms with Crippen LogP contribution in [0, 0.1) is 12.8 Å². The van der Waals surface area contributed by atoms with Crippen LogP contribution in [0.25, 0.3) is 0 Å². The summed E-state index contributed by atoms with van der Waals surface area (Å²) >= 11 is 12.0. The van der Waals surface area contributed by atoms with Gasteiger partial charge in [-0.1, -0.05) is 53.0 Å². The summed E-state index contributed by atoms with van der Waals surface area (Å²) in [5.41, 5.74) is 3.20. The molecule has 0 aliphatic carbocycles. The van der Waals surface area contributed by atoms with Crippen LogP contribution in [0.5, 0.6) is 0 Å². The molecule has 1 amide bonds. The second-order valence-electron chi connectivity index (χ2n) is 6.71. The zero-order chi connectivity index (χ0) is 17.8. The van der Waals surface area contributed by atoms with Crippen LogP contribution in [0.1, 0.15) is 24.0 Å². The number of carbonyl (C=O) groups excluding carboxylic acids is 1. The van der Waals surface area contributed by atoms with Gasteiger partial charge in [0, 0.05) is 28.8 Å². The molecule has 0 spiro atoms. The summed E-state index contributed by atoms with van der Waals surface area (Å²) in [6, 6.07) is 13.7. The van der Waals surface area contributed by atoms with Gasteiger partial charge >= 0.3 is 0 Å². The number of nitrogens with zero attached hydrogens (tertiary/aromatic N) is 1. The quantitative estimate of drug-likeness (QED) is 0.799. The lowest BCUT2D eigenvalue weighted by Crippen LogP contribution is -2.40. The highest BCUT2D eigenvalue weighted by Crippen LogP contribution is 2.25. The molecule has 2 aromatic carbocycles. The minimum absolute atomic E-state index is 0.0167. The fourth-order valence-electron chi connectivity index (χ4n) is 3.24. The number of benzene rings is 2. The number of likely N-dealkylation sites (tertiary alicyclic amines) is 1. The lowest BCUT2D eigenvalue weighted by Gasteiger charge is -2.32. The van der Waals surface area contributed by atoms with Crippen LogP contribution < -0.4 is 5.32 Å². The SMILES string of the molecule is Cc1ccc(CN2CCCC(C(=O)Nc3cc(Cl)cc(Cl)c3)C2)cc1. The molecule has 1 atom stereocenters. The zero-order valence-electron chi connectivity index (χ0n) is 14.3. The van der Waals surface area contributed by atoms with Gasteiger partial charge in [-0.3, -0.25) is 9.69 Å². The zero-order valence-corrected chi connectivity index (χ0v) is 15.8. The number of halogens is 2. The van der Waals surface area contributed by atoms with Crippen molar-refractivity contribution in [3.05, 3.63) is 63.6 Å². The molecule has 0 bridgehead atoms. The molecule has 25 heavy (non-hydrogen) atoms. The van der Waals surface area contributed by atoms with Crippen molar-refractivity contribution >= 4 is 34.8 Å². The Balaban J connectivity index is 1.60. The Bertz CT molecular complexity index is 726. The smallest absolute Gasteiger partial charge is 0.228 e. The van der Waals surface area contributed by atoms with Gasteiger partial charge < -0.3 is 5.32 Å². The van der Waals surface area contributed by atoms with Gasteiger partial charge in [0.15, 0.2) is 0 Å². The number of amides is 1. The van der Waals surface area contributed by atoms with Crippen LogP contribution in [0.3, 0.4) is 0 Å². The Labute approximate surface area is 158 Å². The third kappa shape index (κ3) is 5.21. The number of aryl methyl sites for hydroxylation is 1. The standard InChI is InChI=1S/C20H22Cl2N2O/c1-14-4-6-15(7-5-14)12-24-8-2-3-16(13-24)20(25)23-19-10-17(21)9-18(22)11-19/h4-7,9-11,16H,2-3,8,12-13H2,1H3,(H,23,25). The summed E-state index contributed by atoms with van der Waals surface area (Å²) < 4.78 is 0. The highest BCUT2D eigenvalue weighted by atomic mass is 35.5. The predicted molar refractivity (Wildman–Crippen MR) is 104 cm³/mol. The maximum Gasteiger partial charge on any atom is 0.228 e. The maximum absolute atomic E-state index is 12.6. The highest BCUT2D eigenvalue weighted by molar-refractivity contribution is 6.35. The van der Waals surface area contributed by atoms with Crippen LogP contribution in [0.15, 0.2) is 42.5 Å². The molecule has 3 rings (SSSR count). The highest BCUT2D eigenvalue weighted by Gasteiger charge is 2.26. The number of carbonyl (C=O) groups is 1. The molecular weight excluding hydrogens is 355 g/mol. The van der Waals surface area contributed by atoms with Crippen molar-refractivity contribution in [1.29, 1.82) is 0 Å². The van der Waals surface area contributed by atoms with E-state index in [1.807, 2.05) is 0 Å². The predicted octanol–water partition coefficient (Wildman–Crippen LogP) is 5.15. The van der Waals surface area contributed by atoms with Gasteiger partial charge in [-0.25, -0.2) is 0 Å². The fraction of sp³-hybridized carbons (Fsp3) is 0.350. The van der Waals surface area contributed by atoms with Gasteiger partial charge in [-0.05, 0) is 50.1 Å². The molecule has 0 aromatic heterocycles. The topological polar surface area (TPSA) is 32.3 Å². The molecular formula is C20H22Cl2N2O. The molecule has 5 heteroatoms. The number of nitrogens with one attached hydrogen (secondary N) is 1. The number of piperidine rings is 1. The molecule has 0 radical (unpaired) electrons. The Morgan fingerprint density at radius 1 is 1.16 bits per heavy atom. The van der Waals surface area contributed by atoms with Crippen molar-refractivity contribution in [2.24, 2.45) is 5.92 Å². The van der Waals surface area contributed by atoms with Crippen molar-refractivity contribution in [3.8, 4) is 0 Å². The van der Waals surface area contributed by atoms with Crippen molar-refractivity contribution < 1.29 is 4.79 Å². The van der Waals surface area contributed by atoms with Crippen molar-refractivity contribution in [2.75, 3.05) is 18.4 Å². The molecule has 132 valence electrons. The number of rotatable bonds is 4. The van der Waals surface area contributed by atoms with E-state index in [0.29, 0.717) is 15.7 Å². The van der Waals surface area contributed by atoms with Crippen LogP contribution in [-0.2, 0) is 11.3 Å². The van der Waals surface area contributed by atoms with Gasteiger partial charge in [0.1, 0.15) is 0 Å². The first-order valence-electron chi connectivity index (χ1n) is 8.54. The molecule has 1 aliphatic rings. The van der Waals surface area contributed by atoms with Gasteiger partial charge in [0.25, 0.3) is 0 Å². The van der Waals surface area contributed by atoms with E-state index in [1.54, 1.807) is 18.2 Å². The third-order valence-corrected chi connectivity index (χ3v) is 4.97. The van der Waals surface area contributed by atoms with E-state index in [0.717, 1.165) is 32.5 Å². The molecule has 1 heterocycles. The number of hydrogen-bond acceptors (Lipinski definition) is 2. The van der Waals surface area contributed by atoms with E-state index >= 15 is 0 Å². The van der Waals surface area contributed by atoms with Gasteiger partial charge in [-0.15, -0.1) is 0 Å². The fourth-order valence-corrected chi connectivity index (χ4v) is 3.76. The Morgan fingerprint density at radius 3 is 2.52 bits per heavy atom. The second-order valence-corrected chi connectivity index (χ2v) is 7.58. The minimum atomic E-state index is -0.0167. The maximum atomic E-state index is 12.6. The third-order valence-electron chi connectivity index (χ3n) is 4.53. The summed E-state index contributed by atoms with van der Waals surface area (Å²) in [5.74, 6) is 0.0175. The molecule has 0 saturated carbocycles. The van der Waals surface area contributed by atoms with E-state index in [2.05, 4.69) is 41.4 Å². The molecule has 1 saturated heterocycles. The lowest BCUT2D eigenvalue weighted by molar-refractivity contribution is -0.121. The Hall–Kier alpha value is -1.55. The summed E-state index contributed by atoms with van der Waals surface area (Å²) in [6.07, 6.45) is 1.94. The Kier molecular flexibility index (Phi) is 6.00. The first-order chi connectivity index (χ1) is 12.0. The summed E-state index contributed by atoms with van der Waals surface area (Å²) in [4.78, 5) is 15.0. The van der Waals surface area contributed by atoms with Crippen LogP contribution in [-0.4, -0.2) is 23.9 Å². The van der Waals surface area contributed by atoms with Crippen LogP contribution in [0.4, 0.5) is 5.69 Å². The monoisotopic (exact) mass is 376 g/mol. The van der Waals surface area contributed by atoms with Crippen molar-refractivity contribution in [1.82, 2.24) is 4.90 Å². The van der Waals surface area contributed by atoms with E-state index in [4.69, 9.17) is 23.2 Å². The first-order valence-corrected chi connectivity index (χ1v) is 9.30. The molecule has 1 unspecified atom stereocenters. The van der Waals surface area contributed by atoms with E-state index in [-0.39, 0.29) is 11.8 Å². The molecule has 1 fully saturated rings. The van der Waals surface area contributed by atoms with E-state index in [9.17, 15) is 4.79 Å². The van der Waals surface area contributed by atoms with E-state index < -0.39 is 0 Å². The normalized spacial score (nSPS) is 18.1. The van der Waals surface area contributed by atoms with Gasteiger partial charge in [0.05, 0.1) is 5.92 Å². The summed E-state index contributed by atoms with van der Waals surface area (Å²) in [5, 5.41) is 3.99. The molecule has 3 nitrogen and oxygen atoms in total. The van der Waals surface area contributed by atoms with Crippen molar-refractivity contribution in [2.45, 2.75) is 26.3 Å².